The van der Waals surface area contributed by atoms with Crippen molar-refractivity contribution in [1.29, 1.82) is 0 Å². The largest absolute Gasteiger partial charge is 0.480 e. The van der Waals surface area contributed by atoms with Gasteiger partial charge in [0.15, 0.2) is 34.7 Å². The number of rotatable bonds is 47. The van der Waals surface area contributed by atoms with Crippen LogP contribution in [0.1, 0.15) is 239 Å². The summed E-state index contributed by atoms with van der Waals surface area (Å²) < 4.78 is 18.2. The first-order valence-electron chi connectivity index (χ1n) is 47.6. The van der Waals surface area contributed by atoms with Gasteiger partial charge < -0.3 is 62.2 Å². The van der Waals surface area contributed by atoms with Gasteiger partial charge in [0.2, 0.25) is 17.7 Å². The molecule has 4 aromatic carbocycles. The number of hydrogen-bond acceptors (Lipinski definition) is 24. The van der Waals surface area contributed by atoms with E-state index in [1.165, 1.54) is 78.8 Å². The van der Waals surface area contributed by atoms with E-state index in [1.807, 2.05) is 56.4 Å². The van der Waals surface area contributed by atoms with Gasteiger partial charge in [-0.05, 0) is 265 Å². The van der Waals surface area contributed by atoms with Gasteiger partial charge in [0, 0.05) is 108 Å². The number of allylic oxidation sites excluding steroid dienone is 4. The van der Waals surface area contributed by atoms with Crippen molar-refractivity contribution in [3.8, 4) is 0 Å². The Morgan fingerprint density at radius 3 is 1.17 bits per heavy atom. The Morgan fingerprint density at radius 2 is 0.807 bits per heavy atom. The summed E-state index contributed by atoms with van der Waals surface area (Å²) in [5.74, 6) is -3.57. The number of hydrogen-bond donors (Lipinski definition) is 9. The number of aromatic carboxylic acids is 1. The summed E-state index contributed by atoms with van der Waals surface area (Å²) in [6, 6.07) is 25.9. The molecule has 0 unspecified atom stereocenters. The molecule has 0 radical (unpaired) electrons. The minimum Gasteiger partial charge on any atom is -0.480 e. The molecule has 4 aliphatic rings. The molecule has 14 rings (SSSR count). The molecule has 2 saturated heterocycles. The van der Waals surface area contributed by atoms with Crippen LogP contribution in [0, 0.1) is 24.7 Å². The molecule has 10 aromatic rings. The van der Waals surface area contributed by atoms with Crippen LogP contribution < -0.4 is 37.6 Å². The maximum absolute atomic E-state index is 14.1. The second kappa shape index (κ2) is 56.0. The summed E-state index contributed by atoms with van der Waals surface area (Å²) in [7, 11) is 0. The number of nitrogens with one attached hydrogen (secondary N) is 6. The number of pyridine rings is 2. The Hall–Kier alpha value is -13.6. The molecule has 8 heterocycles. The Morgan fingerprint density at radius 1 is 0.448 bits per heavy atom. The lowest BCUT2D eigenvalue weighted by Crippen LogP contribution is -2.47. The van der Waals surface area contributed by atoms with E-state index in [1.54, 1.807) is 83.8 Å². The highest BCUT2D eigenvalue weighted by molar-refractivity contribution is 9.10. The number of benzene rings is 4. The van der Waals surface area contributed by atoms with E-state index in [2.05, 4.69) is 134 Å². The van der Waals surface area contributed by atoms with E-state index in [0.29, 0.717) is 152 Å². The summed E-state index contributed by atoms with van der Waals surface area (Å²) in [4.78, 5) is 180. The van der Waals surface area contributed by atoms with Crippen LogP contribution in [0.5, 0.6) is 0 Å². The summed E-state index contributed by atoms with van der Waals surface area (Å²) >= 11 is 6.68. The number of carboxylic acids is 2. The normalized spacial score (nSPS) is 16.2. The first-order valence-corrected chi connectivity index (χ1v) is 49.2. The van der Waals surface area contributed by atoms with E-state index in [9.17, 15) is 67.1 Å². The number of anilines is 2. The zero-order valence-corrected chi connectivity index (χ0v) is 87.1. The lowest BCUT2D eigenvalue weighted by molar-refractivity contribution is -0.138. The lowest BCUT2D eigenvalue weighted by Gasteiger charge is -2.27. The van der Waals surface area contributed by atoms with Gasteiger partial charge in [-0.15, -0.1) is 51.9 Å². The molecule has 0 spiro atoms. The molecular weight excluding hydrogens is 2010 g/mol. The number of nitrogens with two attached hydrogens (primary N) is 1. The average Bonchev–Trinajstić information content (AvgIpc) is 1.53. The highest BCUT2D eigenvalue weighted by Crippen LogP contribution is 2.60. The Balaban J connectivity index is 0.000000226. The van der Waals surface area contributed by atoms with E-state index in [-0.39, 0.29) is 154 Å². The maximum atomic E-state index is 14.1. The molecule has 6 atom stereocenters. The number of Topliss-reactive ketones (excluding diaryl/α,β-unsaturated/α-hetero) is 6. The van der Waals surface area contributed by atoms with E-state index in [0.717, 1.165) is 101 Å². The molecule has 10 N–H and O–H groups in total. The Kier molecular flexibility index (Phi) is 45.0. The van der Waals surface area contributed by atoms with Crippen LogP contribution in [0.2, 0.25) is 0 Å². The number of ketones is 6. The molecule has 39 heteroatoms. The lowest BCUT2D eigenvalue weighted by atomic mass is 10.00. The van der Waals surface area contributed by atoms with Crippen LogP contribution in [0.4, 0.5) is 11.6 Å². The standard InChI is InChI=1S/C34H39BrN6O5.C19H23N3O3.C18H21N3O4.C16H20BrN3O2.C13H12N2O4.C6H13N.ClH/c1-5-7-8-9-14-36-32(44)23-11-12-24-25(16-23)40(39-30(24)22(4)42)19-29(43)41-26(17-34(18-27(34)41)20-46-15-6-2)33(45)38-31-21(3)10-13-28(35)37-31;1-4-5-6-7-10-20-19(25)15-8-9-16-17(11-15)22(12-13(2)23)21-18(16)14(3)24;1-3-4-5-6-9-19-18(25)13-7-8-14-15(10-13)21(11-16(23)24)20-17(14)12(2)22;1-3-6-22-9-16-7-11(18-12(16)8-16)15(21)20-14-10(2)4-5-13(17)19-14;1-7(16)6-15-11-5-9(13(18)19)3-4-10(11)12(14-15)8(2)17;1-2-3-4-5-6-7;/h5-6,10-13,16,26-27H,1-2,7-9,14-15,17-20H2,3-4H3,(H,36,44)(H,37,38,45);4,8-9,11H,1,5-7,10,12H2,2-3H3,(H,20,25);3,7-8,10H,1,4-6,9,11H2,2H3,(H,19,25)(H,23,24);3-5,11-12,18H,1,6-9H2,2H3,(H,19,20,21);3-5H,6H2,1-2H3,(H,18,19);2H,1,3-7H2;1H/t26-,27+,34-;;;11-,12+,16-;;;/m0..0.../s1. The predicted octanol–water partition coefficient (Wildman–Crippen LogP) is 16.0. The van der Waals surface area contributed by atoms with Crippen molar-refractivity contribution >= 4 is 182 Å². The van der Waals surface area contributed by atoms with Gasteiger partial charge in [0.25, 0.3) is 17.7 Å². The number of aromatic nitrogens is 10. The van der Waals surface area contributed by atoms with Crippen LogP contribution in [0.25, 0.3) is 43.6 Å². The summed E-state index contributed by atoms with van der Waals surface area (Å²) in [6.45, 7) is 38.2. The van der Waals surface area contributed by atoms with Crippen molar-refractivity contribution < 1.29 is 86.8 Å². The molecule has 0 bridgehead atoms. The molecular formula is C106H129Br2ClN18O18. The third kappa shape index (κ3) is 32.4. The number of halogens is 3. The van der Waals surface area contributed by atoms with E-state index in [4.69, 9.17) is 25.4 Å². The number of carbonyl (C=O) groups excluding carboxylic acids is 12. The highest BCUT2D eigenvalue weighted by atomic mass is 79.9. The van der Waals surface area contributed by atoms with Crippen molar-refractivity contribution in [3.05, 3.63) is 238 Å². The summed E-state index contributed by atoms with van der Waals surface area (Å²) in [5, 5.41) is 55.0. The summed E-state index contributed by atoms with van der Waals surface area (Å²) in [6.07, 6.45) is 25.5. The number of fused-ring (bicyclic) bond motifs is 6. The van der Waals surface area contributed by atoms with Crippen LogP contribution in [0.3, 0.4) is 0 Å². The molecule has 772 valence electrons. The van der Waals surface area contributed by atoms with Gasteiger partial charge in [-0.3, -0.25) is 81.1 Å². The number of unbranched alkanes of at least 4 members (excludes halogenated alkanes) is 8. The number of carboxylic acid groups (broad SMARTS) is 2. The van der Waals surface area contributed by atoms with Crippen LogP contribution in [-0.4, -0.2) is 223 Å². The number of aliphatic carboxylic acids is 1. The highest BCUT2D eigenvalue weighted by Gasteiger charge is 2.67. The topological polar surface area (TPSA) is 496 Å². The number of carbonyl (C=O) groups is 14. The zero-order chi connectivity index (χ0) is 105. The SMILES string of the molecule is C=CCCCCN.C=CCCCCNC(=O)c1ccc2c(C(C)=O)nn(CC(=O)N3[C@H](C(=O)Nc4nc(Br)ccc4C)C[C@@]4(COCC=C)C[C@@H]34)c2c1.C=CCCCCNC(=O)c1ccc2c(C(C)=O)nn(CC(=O)O)c2c1.C=CCCCCNC(=O)c1ccc2c(C(C)=O)nn(CC(C)=O)c2c1.C=CCOC[C@@]12C[C@@H](C(=O)Nc3nc(Br)ccc3C)N[C@@H]1C2.CC(=O)Cn1nc(C(C)=O)c2ccc(C(=O)O)cc21.Cl. The summed E-state index contributed by atoms with van der Waals surface area (Å²) in [5.41, 5.74) is 11.1. The van der Waals surface area contributed by atoms with Crippen molar-refractivity contribution in [3.63, 3.8) is 0 Å². The molecule has 2 aliphatic carbocycles. The monoisotopic (exact) mass is 2130 g/mol. The number of piperidine rings is 2. The fourth-order valence-electron chi connectivity index (χ4n) is 16.8. The van der Waals surface area contributed by atoms with Gasteiger partial charge in [-0.2, -0.15) is 20.4 Å². The van der Waals surface area contributed by atoms with Gasteiger partial charge >= 0.3 is 11.9 Å². The van der Waals surface area contributed by atoms with Crippen LogP contribution in [0.15, 0.2) is 182 Å². The van der Waals surface area contributed by atoms with Crippen molar-refractivity contribution in [2.24, 2.45) is 16.6 Å². The third-order valence-electron chi connectivity index (χ3n) is 24.3. The number of aryl methyl sites for hydroxylation is 2. The van der Waals surface area contributed by atoms with Crippen LogP contribution in [-0.2, 0) is 64.4 Å². The van der Waals surface area contributed by atoms with Gasteiger partial charge in [0.05, 0.1) is 73.2 Å². The van der Waals surface area contributed by atoms with E-state index >= 15 is 0 Å². The maximum Gasteiger partial charge on any atom is 0.335 e. The number of nitrogens with zero attached hydrogens (tertiary/aromatic N) is 11. The van der Waals surface area contributed by atoms with Gasteiger partial charge in [-0.25, -0.2) is 14.8 Å². The smallest absolute Gasteiger partial charge is 0.335 e. The molecule has 2 aliphatic heterocycles. The first-order chi connectivity index (χ1) is 68.8. The Bertz CT molecular complexity index is 6360. The number of ether oxygens (including phenoxy) is 2. The van der Waals surface area contributed by atoms with Gasteiger partial charge in [-0.1, -0.05) is 48.6 Å². The van der Waals surface area contributed by atoms with E-state index < -0.39 is 18.0 Å². The second-order valence-electron chi connectivity index (χ2n) is 35.8. The minimum atomic E-state index is -1.07. The number of amides is 6. The minimum absolute atomic E-state index is 0. The molecule has 36 nitrogen and oxygen atoms in total. The van der Waals surface area contributed by atoms with Crippen LogP contribution >= 0.6 is 44.3 Å². The predicted molar refractivity (Wildman–Crippen MR) is 566 cm³/mol. The molecule has 6 aromatic heterocycles. The van der Waals surface area contributed by atoms with Gasteiger partial charge in [0.1, 0.15) is 62.7 Å². The fraction of sp³-hybridized carbons (Fsp3) is 0.396. The fourth-order valence-corrected chi connectivity index (χ4v) is 17.4. The molecule has 2 saturated carbocycles. The second-order valence-corrected chi connectivity index (χ2v) is 37.4. The molecule has 145 heavy (non-hydrogen) atoms. The average molecular weight is 2140 g/mol. The van der Waals surface area contributed by atoms with Crippen molar-refractivity contribution in [1.82, 2.24) is 75.3 Å². The molecule has 4 fully saturated rings. The third-order valence-corrected chi connectivity index (χ3v) is 25.2. The van der Waals surface area contributed by atoms with Crippen molar-refractivity contribution in [2.45, 2.75) is 208 Å². The Labute approximate surface area is 864 Å². The molecule has 6 amide bonds. The quantitative estimate of drug-likeness (QED) is 0.00740. The zero-order valence-electron chi connectivity index (χ0n) is 83.1. The first kappa shape index (κ1) is 117. The number of likely N-dealkylation sites (tertiary alicyclic amines) is 1. The van der Waals surface area contributed by atoms with Crippen molar-refractivity contribution in [2.75, 3.05) is 63.2 Å².